The SMILES string of the molecule is Cc1nnc2n1CC(C(=O)O)N(C(=O)c1cc3c(s1)CCC3)C2. The highest BCUT2D eigenvalue weighted by molar-refractivity contribution is 7.14. The van der Waals surface area contributed by atoms with Crippen molar-refractivity contribution in [2.24, 2.45) is 0 Å². The Morgan fingerprint density at radius 2 is 2.17 bits per heavy atom. The summed E-state index contributed by atoms with van der Waals surface area (Å²) >= 11 is 1.50. The summed E-state index contributed by atoms with van der Waals surface area (Å²) in [6, 6.07) is 1.04. The smallest absolute Gasteiger partial charge is 0.328 e. The van der Waals surface area contributed by atoms with Gasteiger partial charge in [0.05, 0.1) is 18.0 Å². The van der Waals surface area contributed by atoms with E-state index in [4.69, 9.17) is 0 Å². The summed E-state index contributed by atoms with van der Waals surface area (Å²) in [5, 5.41) is 17.6. The van der Waals surface area contributed by atoms with Crippen LogP contribution < -0.4 is 0 Å². The molecule has 8 heteroatoms. The van der Waals surface area contributed by atoms with E-state index in [1.54, 1.807) is 11.5 Å². The van der Waals surface area contributed by atoms with Crippen LogP contribution in [0.3, 0.4) is 0 Å². The highest BCUT2D eigenvalue weighted by Gasteiger charge is 2.37. The van der Waals surface area contributed by atoms with E-state index in [9.17, 15) is 14.7 Å². The van der Waals surface area contributed by atoms with Gasteiger partial charge < -0.3 is 14.6 Å². The van der Waals surface area contributed by atoms with Crippen molar-refractivity contribution in [2.75, 3.05) is 0 Å². The molecule has 2 aromatic heterocycles. The Bertz CT molecular complexity index is 788. The van der Waals surface area contributed by atoms with E-state index >= 15 is 0 Å². The molecule has 0 bridgehead atoms. The minimum Gasteiger partial charge on any atom is -0.480 e. The number of aromatic nitrogens is 3. The zero-order valence-corrected chi connectivity index (χ0v) is 13.5. The summed E-state index contributed by atoms with van der Waals surface area (Å²) in [5.41, 5.74) is 1.24. The molecule has 1 unspecified atom stereocenters. The van der Waals surface area contributed by atoms with Gasteiger partial charge in [0.15, 0.2) is 5.82 Å². The maximum Gasteiger partial charge on any atom is 0.328 e. The van der Waals surface area contributed by atoms with Crippen LogP contribution >= 0.6 is 11.3 Å². The van der Waals surface area contributed by atoms with E-state index in [0.717, 1.165) is 19.3 Å². The maximum atomic E-state index is 12.9. The molecule has 0 aromatic carbocycles. The second-order valence-corrected chi connectivity index (χ2v) is 7.11. The molecule has 0 saturated carbocycles. The van der Waals surface area contributed by atoms with Crippen LogP contribution in [-0.4, -0.2) is 42.7 Å². The summed E-state index contributed by atoms with van der Waals surface area (Å²) in [6.45, 7) is 2.16. The number of carboxylic acids is 1. The van der Waals surface area contributed by atoms with Gasteiger partial charge in [-0.05, 0) is 37.8 Å². The molecule has 2 aromatic rings. The zero-order chi connectivity index (χ0) is 16.1. The number of thiophene rings is 1. The second kappa shape index (κ2) is 5.16. The first-order valence-electron chi connectivity index (χ1n) is 7.58. The number of carbonyl (C=O) groups excluding carboxylic acids is 1. The van der Waals surface area contributed by atoms with Crippen LogP contribution in [0.5, 0.6) is 0 Å². The lowest BCUT2D eigenvalue weighted by Gasteiger charge is -2.33. The number of nitrogens with zero attached hydrogens (tertiary/aromatic N) is 4. The van der Waals surface area contributed by atoms with Gasteiger partial charge in [0, 0.05) is 4.88 Å². The molecule has 0 saturated heterocycles. The maximum absolute atomic E-state index is 12.9. The number of hydrogen-bond acceptors (Lipinski definition) is 5. The van der Waals surface area contributed by atoms with Gasteiger partial charge in [-0.15, -0.1) is 21.5 Å². The molecule has 1 atom stereocenters. The third-order valence-electron chi connectivity index (χ3n) is 4.56. The largest absolute Gasteiger partial charge is 0.480 e. The lowest BCUT2D eigenvalue weighted by Crippen LogP contribution is -2.50. The van der Waals surface area contributed by atoms with Gasteiger partial charge in [-0.25, -0.2) is 4.79 Å². The van der Waals surface area contributed by atoms with Gasteiger partial charge in [0.2, 0.25) is 0 Å². The molecule has 120 valence electrons. The van der Waals surface area contributed by atoms with Gasteiger partial charge in [-0.1, -0.05) is 0 Å². The number of amides is 1. The highest BCUT2D eigenvalue weighted by atomic mass is 32.1. The molecular formula is C15H16N4O3S. The molecule has 3 heterocycles. The third kappa shape index (κ3) is 2.24. The van der Waals surface area contributed by atoms with Gasteiger partial charge in [0.1, 0.15) is 11.9 Å². The lowest BCUT2D eigenvalue weighted by atomic mass is 10.1. The molecular weight excluding hydrogens is 316 g/mol. The summed E-state index contributed by atoms with van der Waals surface area (Å²) in [7, 11) is 0. The van der Waals surface area contributed by atoms with E-state index in [-0.39, 0.29) is 19.0 Å². The molecule has 7 nitrogen and oxygen atoms in total. The normalized spacial score (nSPS) is 19.5. The molecule has 1 N–H and O–H groups in total. The molecule has 0 radical (unpaired) electrons. The third-order valence-corrected chi connectivity index (χ3v) is 5.78. The average molecular weight is 332 g/mol. The topological polar surface area (TPSA) is 88.3 Å². The van der Waals surface area contributed by atoms with Crippen molar-refractivity contribution in [1.29, 1.82) is 0 Å². The predicted molar refractivity (Wildman–Crippen MR) is 82.4 cm³/mol. The van der Waals surface area contributed by atoms with Gasteiger partial charge in [0.25, 0.3) is 5.91 Å². The first-order valence-corrected chi connectivity index (χ1v) is 8.40. The van der Waals surface area contributed by atoms with Crippen LogP contribution in [0.15, 0.2) is 6.07 Å². The van der Waals surface area contributed by atoms with E-state index in [0.29, 0.717) is 16.5 Å². The number of carboxylic acid groups (broad SMARTS) is 1. The van der Waals surface area contributed by atoms with E-state index in [1.807, 2.05) is 6.07 Å². The molecule has 0 spiro atoms. The Morgan fingerprint density at radius 3 is 2.91 bits per heavy atom. The fourth-order valence-corrected chi connectivity index (χ4v) is 4.52. The number of rotatable bonds is 2. The van der Waals surface area contributed by atoms with Crippen LogP contribution in [-0.2, 0) is 30.7 Å². The Morgan fingerprint density at radius 1 is 1.35 bits per heavy atom. The Balaban J connectivity index is 1.67. The fourth-order valence-electron chi connectivity index (χ4n) is 3.31. The zero-order valence-electron chi connectivity index (χ0n) is 12.7. The minimum atomic E-state index is -0.999. The predicted octanol–water partition coefficient (Wildman–Crippen LogP) is 1.25. The number of aliphatic carboxylic acids is 1. The van der Waals surface area contributed by atoms with Crippen LogP contribution in [0.1, 0.15) is 38.2 Å². The number of carbonyl (C=O) groups is 2. The van der Waals surface area contributed by atoms with E-state index in [2.05, 4.69) is 10.2 Å². The minimum absolute atomic E-state index is 0.180. The number of fused-ring (bicyclic) bond motifs is 2. The van der Waals surface area contributed by atoms with Crippen LogP contribution in [0, 0.1) is 6.92 Å². The van der Waals surface area contributed by atoms with Crippen molar-refractivity contribution in [3.8, 4) is 0 Å². The van der Waals surface area contributed by atoms with E-state index < -0.39 is 12.0 Å². The monoisotopic (exact) mass is 332 g/mol. The molecule has 4 rings (SSSR count). The van der Waals surface area contributed by atoms with Crippen LogP contribution in [0.4, 0.5) is 0 Å². The molecule has 1 amide bonds. The second-order valence-electron chi connectivity index (χ2n) is 5.97. The summed E-state index contributed by atoms with van der Waals surface area (Å²) in [4.78, 5) is 27.8. The molecule has 2 aliphatic rings. The van der Waals surface area contributed by atoms with Crippen LogP contribution in [0.25, 0.3) is 0 Å². The van der Waals surface area contributed by atoms with Gasteiger partial charge >= 0.3 is 5.97 Å². The molecule has 0 fully saturated rings. The van der Waals surface area contributed by atoms with Crippen molar-refractivity contribution in [3.63, 3.8) is 0 Å². The standard InChI is InChI=1S/C15H16N4O3S/c1-8-16-17-13-7-19(10(15(21)22)6-18(8)13)14(20)12-5-9-3-2-4-11(9)23-12/h5,10H,2-4,6-7H2,1H3,(H,21,22). The van der Waals surface area contributed by atoms with Crippen molar-refractivity contribution < 1.29 is 14.7 Å². The highest BCUT2D eigenvalue weighted by Crippen LogP contribution is 2.32. The van der Waals surface area contributed by atoms with Crippen molar-refractivity contribution >= 4 is 23.2 Å². The molecule has 1 aliphatic heterocycles. The van der Waals surface area contributed by atoms with Gasteiger partial charge in [-0.2, -0.15) is 0 Å². The van der Waals surface area contributed by atoms with Crippen molar-refractivity contribution in [1.82, 2.24) is 19.7 Å². The first kappa shape index (κ1) is 14.4. The Hall–Kier alpha value is -2.22. The van der Waals surface area contributed by atoms with Crippen molar-refractivity contribution in [3.05, 3.63) is 33.0 Å². The van der Waals surface area contributed by atoms with Crippen LogP contribution in [0.2, 0.25) is 0 Å². The molecule has 23 heavy (non-hydrogen) atoms. The van der Waals surface area contributed by atoms with Crippen molar-refractivity contribution in [2.45, 2.75) is 45.3 Å². The molecule has 1 aliphatic carbocycles. The summed E-state index contributed by atoms with van der Waals surface area (Å²) < 4.78 is 1.77. The quantitative estimate of drug-likeness (QED) is 0.894. The Labute approximate surface area is 136 Å². The fraction of sp³-hybridized carbons (Fsp3) is 0.467. The average Bonchev–Trinajstić information content (AvgIpc) is 3.20. The summed E-state index contributed by atoms with van der Waals surface area (Å²) in [6.07, 6.45) is 3.16. The summed E-state index contributed by atoms with van der Waals surface area (Å²) in [5.74, 6) is 0.0933. The number of hydrogen-bond donors (Lipinski definition) is 1. The lowest BCUT2D eigenvalue weighted by molar-refractivity contribution is -0.143. The number of aryl methyl sites for hydroxylation is 3. The first-order chi connectivity index (χ1) is 11.0. The van der Waals surface area contributed by atoms with E-state index in [1.165, 1.54) is 26.7 Å². The Kier molecular flexibility index (Phi) is 3.22. The van der Waals surface area contributed by atoms with Gasteiger partial charge in [-0.3, -0.25) is 4.79 Å².